The molecule has 0 saturated heterocycles. The monoisotopic (exact) mass is 282 g/mol. The van der Waals surface area contributed by atoms with Crippen molar-refractivity contribution in [3.05, 3.63) is 24.0 Å². The van der Waals surface area contributed by atoms with Gasteiger partial charge < -0.3 is 25.3 Å². The fraction of sp³-hybridized carbons (Fsp3) is 0.538. The van der Waals surface area contributed by atoms with Crippen LogP contribution in [0.15, 0.2) is 23.5 Å². The molecule has 1 aromatic heterocycles. The molecule has 0 spiro atoms. The van der Waals surface area contributed by atoms with E-state index < -0.39 is 0 Å². The molecule has 0 aromatic carbocycles. The van der Waals surface area contributed by atoms with Gasteiger partial charge in [0.25, 0.3) is 0 Å². The van der Waals surface area contributed by atoms with Crippen molar-refractivity contribution in [2.75, 3.05) is 38.9 Å². The Kier molecular flexibility index (Phi) is 6.75. The predicted molar refractivity (Wildman–Crippen MR) is 77.3 cm³/mol. The van der Waals surface area contributed by atoms with E-state index in [0.29, 0.717) is 25.5 Å². The molecule has 0 amide bonds. The van der Waals surface area contributed by atoms with Gasteiger partial charge in [-0.15, -0.1) is 0 Å². The van der Waals surface area contributed by atoms with Crippen molar-refractivity contribution in [1.29, 1.82) is 0 Å². The van der Waals surface area contributed by atoms with E-state index in [0.717, 1.165) is 5.69 Å². The Morgan fingerprint density at radius 1 is 1.50 bits per heavy atom. The molecule has 0 aliphatic heterocycles. The third kappa shape index (κ3) is 4.07. The molecule has 112 valence electrons. The van der Waals surface area contributed by atoms with E-state index in [-0.39, 0.29) is 11.9 Å². The molecule has 0 aliphatic carbocycles. The number of nitrogens with two attached hydrogens (primary N) is 1. The zero-order chi connectivity index (χ0) is 15.0. The number of pyridine rings is 1. The van der Waals surface area contributed by atoms with Crippen LogP contribution in [0.5, 0.6) is 0 Å². The van der Waals surface area contributed by atoms with Crippen LogP contribution < -0.4 is 10.6 Å². The molecule has 7 heteroatoms. The minimum Gasteiger partial charge on any atom is -0.409 e. The molecule has 20 heavy (non-hydrogen) atoms. The Balaban J connectivity index is 3.12. The lowest BCUT2D eigenvalue weighted by molar-refractivity contribution is 0.171. The van der Waals surface area contributed by atoms with Crippen molar-refractivity contribution in [2.24, 2.45) is 10.9 Å². The Morgan fingerprint density at radius 3 is 2.85 bits per heavy atom. The van der Waals surface area contributed by atoms with Gasteiger partial charge in [-0.3, -0.25) is 4.98 Å². The van der Waals surface area contributed by atoms with Crippen LogP contribution in [0.4, 0.5) is 5.69 Å². The predicted octanol–water partition coefficient (Wildman–Crippen LogP) is 0.664. The third-order valence-corrected chi connectivity index (χ3v) is 2.92. The average molecular weight is 282 g/mol. The van der Waals surface area contributed by atoms with Crippen molar-refractivity contribution in [3.8, 4) is 0 Å². The zero-order valence-corrected chi connectivity index (χ0v) is 12.1. The second kappa shape index (κ2) is 8.34. The maximum atomic E-state index is 8.87. The molecule has 1 rings (SSSR count). The van der Waals surface area contributed by atoms with Crippen molar-refractivity contribution in [1.82, 2.24) is 4.98 Å². The highest BCUT2D eigenvalue weighted by Gasteiger charge is 2.19. The lowest BCUT2D eigenvalue weighted by Crippen LogP contribution is -2.40. The fourth-order valence-electron chi connectivity index (χ4n) is 1.97. The normalized spacial score (nSPS) is 13.2. The highest BCUT2D eigenvalue weighted by molar-refractivity contribution is 6.00. The van der Waals surface area contributed by atoms with E-state index in [1.165, 1.54) is 0 Å². The summed E-state index contributed by atoms with van der Waals surface area (Å²) in [6, 6.07) is 3.79. The van der Waals surface area contributed by atoms with Gasteiger partial charge in [0, 0.05) is 33.0 Å². The number of hydrogen-bond donors (Lipinski definition) is 2. The Hall–Kier alpha value is -1.86. The number of aromatic nitrogens is 1. The number of amidine groups is 1. The van der Waals surface area contributed by atoms with Crippen LogP contribution in [0.25, 0.3) is 0 Å². The molecule has 7 nitrogen and oxygen atoms in total. The summed E-state index contributed by atoms with van der Waals surface area (Å²) in [6.07, 6.45) is 1.60. The standard InChI is InChI=1S/C13H22N4O3/c1-10(9-20-3)17(7-8-19-2)11-5-4-6-15-12(11)13(14)16-18/h4-6,10,18H,7-9H2,1-3H3,(H2,14,16). The van der Waals surface area contributed by atoms with Crippen LogP contribution >= 0.6 is 0 Å². The van der Waals surface area contributed by atoms with Crippen LogP contribution in [-0.2, 0) is 9.47 Å². The SMILES string of the molecule is COCCN(c1cccnc1/C(N)=N/O)C(C)COC. The molecule has 1 unspecified atom stereocenters. The Bertz CT molecular complexity index is 439. The van der Waals surface area contributed by atoms with E-state index in [1.54, 1.807) is 20.4 Å². The van der Waals surface area contributed by atoms with Crippen molar-refractivity contribution >= 4 is 11.5 Å². The summed E-state index contributed by atoms with van der Waals surface area (Å²) in [5.74, 6) is -0.0207. The lowest BCUT2D eigenvalue weighted by atomic mass is 10.2. The number of methoxy groups -OCH3 is 2. The van der Waals surface area contributed by atoms with Crippen molar-refractivity contribution < 1.29 is 14.7 Å². The van der Waals surface area contributed by atoms with E-state index >= 15 is 0 Å². The fourth-order valence-corrected chi connectivity index (χ4v) is 1.97. The summed E-state index contributed by atoms with van der Waals surface area (Å²) in [4.78, 5) is 6.24. The minimum absolute atomic E-state index is 0.0207. The third-order valence-electron chi connectivity index (χ3n) is 2.92. The number of rotatable bonds is 8. The van der Waals surface area contributed by atoms with Gasteiger partial charge >= 0.3 is 0 Å². The van der Waals surface area contributed by atoms with Gasteiger partial charge in [-0.2, -0.15) is 0 Å². The van der Waals surface area contributed by atoms with Gasteiger partial charge in [0.2, 0.25) is 0 Å². The molecule has 0 fully saturated rings. The van der Waals surface area contributed by atoms with Crippen molar-refractivity contribution in [2.45, 2.75) is 13.0 Å². The highest BCUT2D eigenvalue weighted by atomic mass is 16.5. The van der Waals surface area contributed by atoms with Crippen LogP contribution in [-0.4, -0.2) is 56.0 Å². The number of hydrogen-bond acceptors (Lipinski definition) is 6. The molecule has 1 heterocycles. The minimum atomic E-state index is -0.0207. The van der Waals surface area contributed by atoms with Gasteiger partial charge in [0.1, 0.15) is 5.69 Å². The number of oxime groups is 1. The van der Waals surface area contributed by atoms with Gasteiger partial charge in [-0.05, 0) is 19.1 Å². The van der Waals surface area contributed by atoms with E-state index in [9.17, 15) is 0 Å². The largest absolute Gasteiger partial charge is 0.409 e. The first-order chi connectivity index (χ1) is 9.65. The summed E-state index contributed by atoms with van der Waals surface area (Å²) in [6.45, 7) is 3.79. The summed E-state index contributed by atoms with van der Waals surface area (Å²) in [7, 11) is 3.30. The van der Waals surface area contributed by atoms with Gasteiger partial charge in [0.05, 0.1) is 18.9 Å². The van der Waals surface area contributed by atoms with E-state index in [2.05, 4.69) is 15.0 Å². The van der Waals surface area contributed by atoms with E-state index in [1.807, 2.05) is 19.1 Å². The zero-order valence-electron chi connectivity index (χ0n) is 12.1. The quantitative estimate of drug-likeness (QED) is 0.315. The number of ether oxygens (including phenoxy) is 2. The maximum Gasteiger partial charge on any atom is 0.190 e. The van der Waals surface area contributed by atoms with Gasteiger partial charge in [-0.1, -0.05) is 5.16 Å². The first kappa shape index (κ1) is 16.2. The average Bonchev–Trinajstić information content (AvgIpc) is 2.47. The van der Waals surface area contributed by atoms with Crippen molar-refractivity contribution in [3.63, 3.8) is 0 Å². The first-order valence-corrected chi connectivity index (χ1v) is 6.33. The molecule has 0 saturated carbocycles. The maximum absolute atomic E-state index is 8.87. The summed E-state index contributed by atoms with van der Waals surface area (Å²) >= 11 is 0. The molecule has 0 radical (unpaired) electrons. The van der Waals surface area contributed by atoms with Crippen LogP contribution in [0.3, 0.4) is 0 Å². The summed E-state index contributed by atoms with van der Waals surface area (Å²) in [5.41, 5.74) is 6.90. The molecule has 0 bridgehead atoms. The van der Waals surface area contributed by atoms with E-state index in [4.69, 9.17) is 20.4 Å². The molecule has 3 N–H and O–H groups in total. The second-order valence-electron chi connectivity index (χ2n) is 4.35. The van der Waals surface area contributed by atoms with Gasteiger partial charge in [-0.25, -0.2) is 0 Å². The van der Waals surface area contributed by atoms with Crippen LogP contribution in [0.1, 0.15) is 12.6 Å². The lowest BCUT2D eigenvalue weighted by Gasteiger charge is -2.31. The Labute approximate surface area is 119 Å². The summed E-state index contributed by atoms with van der Waals surface area (Å²) < 4.78 is 10.3. The number of anilines is 1. The molecular formula is C13H22N4O3. The molecule has 0 aliphatic rings. The van der Waals surface area contributed by atoms with Crippen LogP contribution in [0.2, 0.25) is 0 Å². The molecule has 1 aromatic rings. The smallest absolute Gasteiger partial charge is 0.190 e. The molecular weight excluding hydrogens is 260 g/mol. The van der Waals surface area contributed by atoms with Crippen LogP contribution in [0, 0.1) is 0 Å². The van der Waals surface area contributed by atoms with Gasteiger partial charge in [0.15, 0.2) is 5.84 Å². The topological polar surface area (TPSA) is 93.2 Å². The summed E-state index contributed by atoms with van der Waals surface area (Å²) in [5, 5.41) is 11.9. The number of nitrogens with zero attached hydrogens (tertiary/aromatic N) is 3. The molecule has 1 atom stereocenters. The first-order valence-electron chi connectivity index (χ1n) is 6.33. The second-order valence-corrected chi connectivity index (χ2v) is 4.35. The Morgan fingerprint density at radius 2 is 2.25 bits per heavy atom. The highest BCUT2D eigenvalue weighted by Crippen LogP contribution is 2.20.